The Balaban J connectivity index is 2.35. The fraction of sp³-hybridized carbons (Fsp3) is 0.100. The monoisotopic (exact) mass is 442 g/mol. The van der Waals surface area contributed by atoms with Crippen LogP contribution in [0.1, 0.15) is 4.88 Å². The maximum atomic E-state index is 10.7. The SMILES string of the molecule is O=[N+]([O-])c1cc(Br)c(Oc2nc(Cl)c(CO)s2)c(Br)c1. The van der Waals surface area contributed by atoms with Crippen molar-refractivity contribution in [3.05, 3.63) is 41.2 Å². The molecule has 20 heavy (non-hydrogen) atoms. The summed E-state index contributed by atoms with van der Waals surface area (Å²) in [7, 11) is 0. The Morgan fingerprint density at radius 1 is 1.45 bits per heavy atom. The molecule has 10 heteroatoms. The van der Waals surface area contributed by atoms with Gasteiger partial charge in [-0.2, -0.15) is 4.98 Å². The van der Waals surface area contributed by atoms with Crippen LogP contribution in [0.5, 0.6) is 10.9 Å². The third-order valence-corrected chi connectivity index (χ3v) is 4.68. The second kappa shape index (κ2) is 6.35. The van der Waals surface area contributed by atoms with Crippen molar-refractivity contribution in [1.82, 2.24) is 4.98 Å². The van der Waals surface area contributed by atoms with Crippen molar-refractivity contribution in [2.45, 2.75) is 6.61 Å². The van der Waals surface area contributed by atoms with Gasteiger partial charge in [0.1, 0.15) is 5.15 Å². The molecule has 1 aromatic carbocycles. The van der Waals surface area contributed by atoms with Crippen molar-refractivity contribution < 1.29 is 14.8 Å². The van der Waals surface area contributed by atoms with Crippen LogP contribution in [0.3, 0.4) is 0 Å². The summed E-state index contributed by atoms with van der Waals surface area (Å²) in [6.07, 6.45) is 0. The molecule has 0 saturated carbocycles. The van der Waals surface area contributed by atoms with Crippen LogP contribution in [-0.2, 0) is 6.61 Å². The molecule has 0 aliphatic carbocycles. The third kappa shape index (κ3) is 3.29. The minimum atomic E-state index is -0.510. The first-order chi connectivity index (χ1) is 9.42. The van der Waals surface area contributed by atoms with Crippen LogP contribution < -0.4 is 4.74 Å². The first kappa shape index (κ1) is 15.6. The molecule has 0 spiro atoms. The number of nitro groups is 1. The highest BCUT2D eigenvalue weighted by molar-refractivity contribution is 9.11. The van der Waals surface area contributed by atoms with Crippen LogP contribution >= 0.6 is 54.8 Å². The van der Waals surface area contributed by atoms with E-state index in [0.717, 1.165) is 11.3 Å². The number of ether oxygens (including phenoxy) is 1. The van der Waals surface area contributed by atoms with Gasteiger partial charge in [0.05, 0.1) is 25.4 Å². The topological polar surface area (TPSA) is 85.5 Å². The van der Waals surface area contributed by atoms with Gasteiger partial charge in [0.15, 0.2) is 5.75 Å². The van der Waals surface area contributed by atoms with E-state index in [2.05, 4.69) is 36.8 Å². The smallest absolute Gasteiger partial charge is 0.280 e. The zero-order valence-electron chi connectivity index (χ0n) is 9.47. The van der Waals surface area contributed by atoms with Gasteiger partial charge in [-0.1, -0.05) is 22.9 Å². The summed E-state index contributed by atoms with van der Waals surface area (Å²) in [5.41, 5.74) is -0.0793. The number of rotatable bonds is 4. The second-order valence-electron chi connectivity index (χ2n) is 3.45. The van der Waals surface area contributed by atoms with Crippen LogP contribution in [0.25, 0.3) is 0 Å². The first-order valence-electron chi connectivity index (χ1n) is 4.99. The molecule has 0 fully saturated rings. The van der Waals surface area contributed by atoms with E-state index in [-0.39, 0.29) is 22.6 Å². The number of aliphatic hydroxyl groups excluding tert-OH is 1. The number of aliphatic hydroxyl groups is 1. The van der Waals surface area contributed by atoms with Gasteiger partial charge in [-0.25, -0.2) is 0 Å². The number of aromatic nitrogens is 1. The van der Waals surface area contributed by atoms with Gasteiger partial charge in [-0.15, -0.1) is 0 Å². The number of hydrogen-bond acceptors (Lipinski definition) is 6. The van der Waals surface area contributed by atoms with Gasteiger partial charge in [-0.05, 0) is 31.9 Å². The van der Waals surface area contributed by atoms with Gasteiger partial charge >= 0.3 is 0 Å². The molecule has 0 saturated heterocycles. The average molecular weight is 444 g/mol. The normalized spacial score (nSPS) is 10.6. The van der Waals surface area contributed by atoms with Crippen LogP contribution in [0.4, 0.5) is 5.69 Å². The maximum Gasteiger partial charge on any atom is 0.280 e. The van der Waals surface area contributed by atoms with Crippen molar-refractivity contribution in [1.29, 1.82) is 0 Å². The summed E-state index contributed by atoms with van der Waals surface area (Å²) in [4.78, 5) is 14.6. The van der Waals surface area contributed by atoms with Crippen molar-refractivity contribution in [3.63, 3.8) is 0 Å². The minimum Gasteiger partial charge on any atom is -0.428 e. The summed E-state index contributed by atoms with van der Waals surface area (Å²) in [6, 6.07) is 2.64. The molecule has 106 valence electrons. The fourth-order valence-corrected chi connectivity index (χ4v) is 3.58. The highest BCUT2D eigenvalue weighted by Gasteiger charge is 2.18. The van der Waals surface area contributed by atoms with Gasteiger partial charge in [-0.3, -0.25) is 10.1 Å². The molecule has 0 aliphatic rings. The Kier molecular flexibility index (Phi) is 4.97. The van der Waals surface area contributed by atoms with E-state index in [9.17, 15) is 10.1 Å². The fourth-order valence-electron chi connectivity index (χ4n) is 1.29. The van der Waals surface area contributed by atoms with Gasteiger partial charge in [0, 0.05) is 12.1 Å². The molecule has 6 nitrogen and oxygen atoms in total. The standard InChI is InChI=1S/C10H5Br2ClN2O4S/c11-5-1-4(15(17)18)2-6(12)8(5)19-10-14-9(13)7(3-16)20-10/h1-2,16H,3H2. The lowest BCUT2D eigenvalue weighted by molar-refractivity contribution is -0.385. The highest BCUT2D eigenvalue weighted by atomic mass is 79.9. The minimum absolute atomic E-state index is 0.0793. The van der Waals surface area contributed by atoms with Crippen molar-refractivity contribution in [3.8, 4) is 10.9 Å². The van der Waals surface area contributed by atoms with E-state index in [1.807, 2.05) is 0 Å². The molecular formula is C10H5Br2ClN2O4S. The van der Waals surface area contributed by atoms with Crippen LogP contribution in [-0.4, -0.2) is 15.0 Å². The van der Waals surface area contributed by atoms with Gasteiger partial charge in [0.2, 0.25) is 0 Å². The maximum absolute atomic E-state index is 10.7. The molecular weight excluding hydrogens is 439 g/mol. The van der Waals surface area contributed by atoms with E-state index in [1.54, 1.807) is 0 Å². The van der Waals surface area contributed by atoms with Gasteiger partial charge in [0.25, 0.3) is 10.9 Å². The average Bonchev–Trinajstić information content (AvgIpc) is 2.73. The summed E-state index contributed by atoms with van der Waals surface area (Å²) in [5.74, 6) is 0.338. The van der Waals surface area contributed by atoms with Crippen molar-refractivity contribution in [2.24, 2.45) is 0 Å². The molecule has 0 radical (unpaired) electrons. The Bertz CT molecular complexity index is 656. The zero-order valence-corrected chi connectivity index (χ0v) is 14.2. The third-order valence-electron chi connectivity index (χ3n) is 2.16. The van der Waals surface area contributed by atoms with Gasteiger partial charge < -0.3 is 9.84 Å². The number of hydrogen-bond donors (Lipinski definition) is 1. The predicted octanol–water partition coefficient (Wildman–Crippen LogP) is 4.51. The van der Waals surface area contributed by atoms with Crippen molar-refractivity contribution >= 4 is 60.5 Å². The largest absolute Gasteiger partial charge is 0.428 e. The van der Waals surface area contributed by atoms with E-state index in [1.165, 1.54) is 12.1 Å². The number of nitrogens with zero attached hydrogens (tertiary/aromatic N) is 2. The number of nitro benzene ring substituents is 1. The summed E-state index contributed by atoms with van der Waals surface area (Å²) < 4.78 is 6.33. The molecule has 0 atom stereocenters. The highest BCUT2D eigenvalue weighted by Crippen LogP contribution is 2.41. The molecule has 1 N–H and O–H groups in total. The lowest BCUT2D eigenvalue weighted by Gasteiger charge is -2.06. The Morgan fingerprint density at radius 3 is 2.50 bits per heavy atom. The van der Waals surface area contributed by atoms with Crippen LogP contribution in [0.15, 0.2) is 21.1 Å². The lowest BCUT2D eigenvalue weighted by Crippen LogP contribution is -1.91. The van der Waals surface area contributed by atoms with E-state index in [4.69, 9.17) is 21.4 Å². The molecule has 1 heterocycles. The molecule has 0 aliphatic heterocycles. The molecule has 0 bridgehead atoms. The van der Waals surface area contributed by atoms with Crippen LogP contribution in [0.2, 0.25) is 5.15 Å². The number of non-ortho nitro benzene ring substituents is 1. The number of benzene rings is 1. The first-order valence-corrected chi connectivity index (χ1v) is 7.77. The Hall–Kier alpha value is -0.740. The molecule has 1 aromatic heterocycles. The summed E-state index contributed by atoms with van der Waals surface area (Å²) in [6.45, 7) is -0.234. The van der Waals surface area contributed by atoms with E-state index in [0.29, 0.717) is 19.6 Å². The van der Waals surface area contributed by atoms with E-state index < -0.39 is 4.92 Å². The molecule has 2 rings (SSSR count). The Morgan fingerprint density at radius 2 is 2.05 bits per heavy atom. The summed E-state index contributed by atoms with van der Waals surface area (Å²) in [5, 5.41) is 20.2. The lowest BCUT2D eigenvalue weighted by atomic mass is 10.3. The number of halogens is 3. The summed E-state index contributed by atoms with van der Waals surface area (Å²) >= 11 is 13.3. The zero-order chi connectivity index (χ0) is 14.9. The molecule has 2 aromatic rings. The number of thiazole rings is 1. The van der Waals surface area contributed by atoms with E-state index >= 15 is 0 Å². The van der Waals surface area contributed by atoms with Crippen molar-refractivity contribution in [2.75, 3.05) is 0 Å². The molecule has 0 amide bonds. The quantitative estimate of drug-likeness (QED) is 0.554. The Labute approximate surface area is 138 Å². The second-order valence-corrected chi connectivity index (χ2v) is 6.56. The predicted molar refractivity (Wildman–Crippen MR) is 81.6 cm³/mol. The molecule has 0 unspecified atom stereocenters. The van der Waals surface area contributed by atoms with Crippen LogP contribution in [0, 0.1) is 10.1 Å².